The zero-order valence-corrected chi connectivity index (χ0v) is 14.9. The first-order valence-electron chi connectivity index (χ1n) is 7.56. The van der Waals surface area contributed by atoms with E-state index >= 15 is 0 Å². The summed E-state index contributed by atoms with van der Waals surface area (Å²) in [7, 11) is 3.62. The van der Waals surface area contributed by atoms with Gasteiger partial charge < -0.3 is 0 Å². The molecule has 1 aromatic rings. The molecule has 0 amide bonds. The van der Waals surface area contributed by atoms with Gasteiger partial charge in [-0.15, -0.1) is 0 Å². The van der Waals surface area contributed by atoms with E-state index in [1.807, 2.05) is 36.4 Å². The van der Waals surface area contributed by atoms with Crippen molar-refractivity contribution in [3.05, 3.63) is 83.6 Å². The van der Waals surface area contributed by atoms with Crippen LogP contribution in [0.5, 0.6) is 0 Å². The molecule has 1 unspecified atom stereocenters. The number of alkyl halides is 1. The minimum absolute atomic E-state index is 0.220. The van der Waals surface area contributed by atoms with Crippen LogP contribution in [-0.4, -0.2) is 24.5 Å². The van der Waals surface area contributed by atoms with E-state index in [1.165, 1.54) is 6.08 Å². The molecule has 2 rings (SSSR count). The van der Waals surface area contributed by atoms with E-state index in [1.54, 1.807) is 18.3 Å². The first kappa shape index (κ1) is 18.3. The molecule has 0 fully saturated rings. The Labute approximate surface area is 151 Å². The quantitative estimate of drug-likeness (QED) is 0.225. The van der Waals surface area contributed by atoms with E-state index in [2.05, 4.69) is 35.0 Å². The van der Waals surface area contributed by atoms with E-state index in [0.29, 0.717) is 30.1 Å². The van der Waals surface area contributed by atoms with E-state index in [9.17, 15) is 4.39 Å². The van der Waals surface area contributed by atoms with Crippen molar-refractivity contribution in [3.8, 4) is 0 Å². The normalized spacial score (nSPS) is 18.5. The molecule has 0 saturated heterocycles. The van der Waals surface area contributed by atoms with Gasteiger partial charge in [0.2, 0.25) is 0 Å². The molecule has 1 aliphatic carbocycles. The van der Waals surface area contributed by atoms with Gasteiger partial charge >= 0.3 is 151 Å². The second-order valence-corrected chi connectivity index (χ2v) is 6.21. The van der Waals surface area contributed by atoms with Crippen molar-refractivity contribution in [2.24, 2.45) is 4.99 Å². The standard InChI is InChI=1S/C19H18BBrFNO/c1-2-16(15-8-9-17(21)18(22)12-15)19(23-11-10-20)24-13-14-6-4-3-5-7-14/h2-8,10-12,17,20H,1,9,13H2/b19-16-,23-11+. The summed E-state index contributed by atoms with van der Waals surface area (Å²) in [5.74, 6) is 1.73. The van der Waals surface area contributed by atoms with E-state index in [-0.39, 0.29) is 10.7 Å². The van der Waals surface area contributed by atoms with Crippen LogP contribution in [0.4, 0.5) is 4.39 Å². The number of nitrogens with zero attached hydrogens (tertiary/aromatic N) is 1. The van der Waals surface area contributed by atoms with Gasteiger partial charge in [-0.1, -0.05) is 0 Å². The Kier molecular flexibility index (Phi) is 7.13. The molecule has 0 aliphatic heterocycles. The summed E-state index contributed by atoms with van der Waals surface area (Å²) < 4.78 is 19.8. The monoisotopic (exact) mass is 385 g/mol. The third-order valence-electron chi connectivity index (χ3n) is 3.40. The molecular weight excluding hydrogens is 368 g/mol. The Balaban J connectivity index is 2.31. The third kappa shape index (κ3) is 5.00. The summed E-state index contributed by atoms with van der Waals surface area (Å²) in [6.07, 6.45) is 7.15. The Morgan fingerprint density at radius 3 is 2.79 bits per heavy atom. The van der Waals surface area contributed by atoms with Crippen molar-refractivity contribution in [1.29, 1.82) is 0 Å². The van der Waals surface area contributed by atoms with Crippen LogP contribution in [0.25, 0.3) is 0 Å². The Hall–Kier alpha value is -2.01. The molecule has 1 aromatic carbocycles. The number of hydrogen-bond donors (Lipinski definition) is 0. The van der Waals surface area contributed by atoms with Gasteiger partial charge in [-0.05, 0) is 0 Å². The number of allylic oxidation sites excluding steroid dienone is 6. The Morgan fingerprint density at radius 1 is 1.42 bits per heavy atom. The van der Waals surface area contributed by atoms with Gasteiger partial charge in [0.1, 0.15) is 0 Å². The van der Waals surface area contributed by atoms with Gasteiger partial charge in [-0.2, -0.15) is 0 Å². The number of halogens is 2. The van der Waals surface area contributed by atoms with Gasteiger partial charge in [-0.25, -0.2) is 0 Å². The zero-order valence-electron chi connectivity index (χ0n) is 13.3. The zero-order chi connectivity index (χ0) is 17.4. The molecule has 24 heavy (non-hydrogen) atoms. The molecule has 0 spiro atoms. The third-order valence-corrected chi connectivity index (χ3v) is 4.21. The number of aliphatic imine (C=N–C) groups is 1. The number of hydrogen-bond acceptors (Lipinski definition) is 2. The topological polar surface area (TPSA) is 21.6 Å². The average molecular weight is 386 g/mol. The second-order valence-electron chi connectivity index (χ2n) is 5.10. The fourth-order valence-electron chi connectivity index (χ4n) is 2.19. The molecule has 1 atom stereocenters. The average Bonchev–Trinajstić information content (AvgIpc) is 2.61. The number of ether oxygens (including phenoxy) is 1. The first-order valence-corrected chi connectivity index (χ1v) is 8.47. The molecule has 0 aromatic heterocycles. The number of benzene rings is 1. The van der Waals surface area contributed by atoms with Crippen molar-refractivity contribution < 1.29 is 9.13 Å². The number of rotatable bonds is 7. The minimum atomic E-state index is -0.280. The molecule has 5 heteroatoms. The first-order chi connectivity index (χ1) is 11.7. The van der Waals surface area contributed by atoms with E-state index in [4.69, 9.17) is 4.74 Å². The van der Waals surface area contributed by atoms with Gasteiger partial charge in [0.15, 0.2) is 0 Å². The van der Waals surface area contributed by atoms with Crippen LogP contribution in [-0.2, 0) is 11.3 Å². The van der Waals surface area contributed by atoms with Crippen LogP contribution in [0.3, 0.4) is 0 Å². The summed E-state index contributed by atoms with van der Waals surface area (Å²) in [6, 6.07) is 9.78. The van der Waals surface area contributed by atoms with Crippen LogP contribution in [0.2, 0.25) is 0 Å². The maximum atomic E-state index is 13.9. The molecule has 0 bridgehead atoms. The predicted octanol–water partition coefficient (Wildman–Crippen LogP) is 4.32. The van der Waals surface area contributed by atoms with Crippen molar-refractivity contribution in [2.75, 3.05) is 0 Å². The summed E-state index contributed by atoms with van der Waals surface area (Å²) in [5, 5.41) is 0. The molecular formula is C19H18BBrFNO. The predicted molar refractivity (Wildman–Crippen MR) is 105 cm³/mol. The fraction of sp³-hybridized carbons (Fsp3) is 0.158. The molecule has 0 N–H and O–H groups in total. The van der Waals surface area contributed by atoms with E-state index in [0.717, 1.165) is 5.56 Å². The van der Waals surface area contributed by atoms with Crippen molar-refractivity contribution in [2.45, 2.75) is 17.9 Å². The summed E-state index contributed by atoms with van der Waals surface area (Å²) >= 11 is 3.29. The molecule has 0 radical (unpaired) electrons. The van der Waals surface area contributed by atoms with Crippen LogP contribution in [0.1, 0.15) is 12.0 Å². The van der Waals surface area contributed by atoms with Crippen molar-refractivity contribution >= 4 is 35.6 Å². The SMILES string of the molecule is B=C/C=N/C(OCc1ccccc1)=C(\C=C)C1=CCC(Br)C(F)=C1. The van der Waals surface area contributed by atoms with Crippen molar-refractivity contribution in [1.82, 2.24) is 0 Å². The molecule has 0 saturated carbocycles. The van der Waals surface area contributed by atoms with E-state index < -0.39 is 0 Å². The second kappa shape index (κ2) is 9.33. The summed E-state index contributed by atoms with van der Waals surface area (Å²) in [5.41, 5.74) is 2.38. The summed E-state index contributed by atoms with van der Waals surface area (Å²) in [6.45, 7) is 4.19. The van der Waals surface area contributed by atoms with Crippen LogP contribution < -0.4 is 0 Å². The maximum absolute atomic E-state index is 13.9. The van der Waals surface area contributed by atoms with Gasteiger partial charge in [0.05, 0.1) is 0 Å². The Morgan fingerprint density at radius 2 is 2.17 bits per heavy atom. The van der Waals surface area contributed by atoms with Gasteiger partial charge in [0, 0.05) is 0 Å². The van der Waals surface area contributed by atoms with Crippen molar-refractivity contribution in [3.63, 3.8) is 0 Å². The van der Waals surface area contributed by atoms with Gasteiger partial charge in [0.25, 0.3) is 0 Å². The van der Waals surface area contributed by atoms with Crippen LogP contribution >= 0.6 is 15.9 Å². The molecule has 122 valence electrons. The fourth-order valence-corrected chi connectivity index (χ4v) is 2.51. The van der Waals surface area contributed by atoms with Crippen LogP contribution in [0, 0.1) is 0 Å². The molecule has 0 heterocycles. The van der Waals surface area contributed by atoms with Crippen LogP contribution in [0.15, 0.2) is 83.0 Å². The molecule has 1 aliphatic rings. The summed E-state index contributed by atoms with van der Waals surface area (Å²) in [4.78, 5) is 4.01. The Bertz CT molecular complexity index is 722. The van der Waals surface area contributed by atoms with Gasteiger partial charge in [-0.3, -0.25) is 0 Å². The molecule has 2 nitrogen and oxygen atoms in total.